The lowest BCUT2D eigenvalue weighted by Gasteiger charge is -2.08. The SMILES string of the molecule is Cc1nc(CNC(=O)NCc2ccc(F)cc2Br)n[nH]1. The van der Waals surface area contributed by atoms with Crippen molar-refractivity contribution in [2.75, 3.05) is 0 Å². The third kappa shape index (κ3) is 4.02. The third-order valence-corrected chi connectivity index (χ3v) is 3.24. The lowest BCUT2D eigenvalue weighted by Crippen LogP contribution is -2.34. The average molecular weight is 342 g/mol. The molecule has 6 nitrogen and oxygen atoms in total. The van der Waals surface area contributed by atoms with E-state index in [1.54, 1.807) is 13.0 Å². The van der Waals surface area contributed by atoms with E-state index in [0.29, 0.717) is 22.7 Å². The number of nitrogens with zero attached hydrogens (tertiary/aromatic N) is 2. The number of nitrogens with one attached hydrogen (secondary N) is 3. The van der Waals surface area contributed by atoms with Gasteiger partial charge in [-0.2, -0.15) is 5.10 Å². The van der Waals surface area contributed by atoms with Crippen LogP contribution >= 0.6 is 15.9 Å². The van der Waals surface area contributed by atoms with Crippen LogP contribution in [0, 0.1) is 12.7 Å². The zero-order chi connectivity index (χ0) is 14.5. The summed E-state index contributed by atoms with van der Waals surface area (Å²) in [6.45, 7) is 2.31. The largest absolute Gasteiger partial charge is 0.334 e. The number of hydrogen-bond donors (Lipinski definition) is 3. The summed E-state index contributed by atoms with van der Waals surface area (Å²) in [5.74, 6) is 0.878. The molecule has 2 rings (SSSR count). The van der Waals surface area contributed by atoms with Gasteiger partial charge < -0.3 is 10.6 Å². The number of aromatic amines is 1. The van der Waals surface area contributed by atoms with E-state index in [1.165, 1.54) is 12.1 Å². The molecule has 0 unspecified atom stereocenters. The van der Waals surface area contributed by atoms with Gasteiger partial charge in [0.25, 0.3) is 0 Å². The second kappa shape index (κ2) is 6.47. The van der Waals surface area contributed by atoms with Crippen LogP contribution in [0.2, 0.25) is 0 Å². The number of carbonyl (C=O) groups is 1. The molecule has 0 bridgehead atoms. The number of aromatic nitrogens is 3. The maximum Gasteiger partial charge on any atom is 0.315 e. The van der Waals surface area contributed by atoms with Gasteiger partial charge in [0.15, 0.2) is 5.82 Å². The number of halogens is 2. The number of rotatable bonds is 4. The van der Waals surface area contributed by atoms with Gasteiger partial charge in [-0.1, -0.05) is 22.0 Å². The minimum absolute atomic E-state index is 0.237. The number of urea groups is 1. The maximum atomic E-state index is 12.9. The topological polar surface area (TPSA) is 82.7 Å². The van der Waals surface area contributed by atoms with Crippen LogP contribution in [0.25, 0.3) is 0 Å². The van der Waals surface area contributed by atoms with Crippen molar-refractivity contribution in [3.8, 4) is 0 Å². The molecule has 0 saturated heterocycles. The smallest absolute Gasteiger partial charge is 0.315 e. The summed E-state index contributed by atoms with van der Waals surface area (Å²) in [5, 5.41) is 11.9. The Morgan fingerprint density at radius 1 is 1.40 bits per heavy atom. The molecule has 3 N–H and O–H groups in total. The number of hydrogen-bond acceptors (Lipinski definition) is 3. The average Bonchev–Trinajstić information content (AvgIpc) is 2.81. The van der Waals surface area contributed by atoms with Crippen molar-refractivity contribution in [2.24, 2.45) is 0 Å². The van der Waals surface area contributed by atoms with E-state index in [1.807, 2.05) is 0 Å². The minimum Gasteiger partial charge on any atom is -0.334 e. The highest BCUT2D eigenvalue weighted by atomic mass is 79.9. The Balaban J connectivity index is 1.80. The summed E-state index contributed by atoms with van der Waals surface area (Å²) in [5.41, 5.74) is 0.787. The van der Waals surface area contributed by atoms with E-state index in [2.05, 4.69) is 41.7 Å². The summed E-state index contributed by atoms with van der Waals surface area (Å²) < 4.78 is 13.5. The Morgan fingerprint density at radius 2 is 2.15 bits per heavy atom. The predicted octanol–water partition coefficient (Wildman–Crippen LogP) is 2.01. The van der Waals surface area contributed by atoms with E-state index in [0.717, 1.165) is 5.56 Å². The Labute approximate surface area is 123 Å². The van der Waals surface area contributed by atoms with E-state index >= 15 is 0 Å². The number of H-pyrrole nitrogens is 1. The van der Waals surface area contributed by atoms with Gasteiger partial charge in [0, 0.05) is 11.0 Å². The van der Waals surface area contributed by atoms with E-state index in [4.69, 9.17) is 0 Å². The highest BCUT2D eigenvalue weighted by molar-refractivity contribution is 9.10. The second-order valence-electron chi connectivity index (χ2n) is 4.11. The number of aryl methyl sites for hydroxylation is 1. The zero-order valence-corrected chi connectivity index (χ0v) is 12.3. The normalized spacial score (nSPS) is 10.3. The van der Waals surface area contributed by atoms with Crippen molar-refractivity contribution in [3.63, 3.8) is 0 Å². The van der Waals surface area contributed by atoms with Crippen molar-refractivity contribution in [3.05, 3.63) is 45.7 Å². The fraction of sp³-hybridized carbons (Fsp3) is 0.250. The van der Waals surface area contributed by atoms with Crippen LogP contribution in [-0.4, -0.2) is 21.2 Å². The third-order valence-electron chi connectivity index (χ3n) is 2.51. The van der Waals surface area contributed by atoms with Gasteiger partial charge in [-0.15, -0.1) is 0 Å². The summed E-state index contributed by atoms with van der Waals surface area (Å²) in [4.78, 5) is 15.7. The molecule has 0 saturated carbocycles. The lowest BCUT2D eigenvalue weighted by atomic mass is 10.2. The van der Waals surface area contributed by atoms with Gasteiger partial charge in [0.1, 0.15) is 11.6 Å². The van der Waals surface area contributed by atoms with Crippen LogP contribution < -0.4 is 10.6 Å². The monoisotopic (exact) mass is 341 g/mol. The van der Waals surface area contributed by atoms with Crippen LogP contribution in [0.3, 0.4) is 0 Å². The molecule has 8 heteroatoms. The first kappa shape index (κ1) is 14.4. The van der Waals surface area contributed by atoms with Crippen LogP contribution in [-0.2, 0) is 13.1 Å². The second-order valence-corrected chi connectivity index (χ2v) is 4.96. The van der Waals surface area contributed by atoms with Crippen LogP contribution in [0.4, 0.5) is 9.18 Å². The molecular formula is C12H13BrFN5O. The van der Waals surface area contributed by atoms with Crippen molar-refractivity contribution in [1.82, 2.24) is 25.8 Å². The maximum absolute atomic E-state index is 12.9. The number of carbonyl (C=O) groups excluding carboxylic acids is 1. The summed E-state index contributed by atoms with van der Waals surface area (Å²) >= 11 is 3.24. The van der Waals surface area contributed by atoms with Crippen molar-refractivity contribution >= 4 is 22.0 Å². The molecule has 2 aromatic rings. The Hall–Kier alpha value is -1.96. The van der Waals surface area contributed by atoms with Gasteiger partial charge in [-0.3, -0.25) is 5.10 Å². The highest BCUT2D eigenvalue weighted by Gasteiger charge is 2.06. The Kier molecular flexibility index (Phi) is 4.67. The molecule has 0 atom stereocenters. The molecule has 0 aliphatic heterocycles. The molecule has 0 aliphatic rings. The van der Waals surface area contributed by atoms with Gasteiger partial charge >= 0.3 is 6.03 Å². The molecule has 0 fully saturated rings. The quantitative estimate of drug-likeness (QED) is 0.795. The fourth-order valence-corrected chi connectivity index (χ4v) is 2.02. The van der Waals surface area contributed by atoms with E-state index in [9.17, 15) is 9.18 Å². The summed E-state index contributed by atoms with van der Waals surface area (Å²) in [6, 6.07) is 3.96. The molecular weight excluding hydrogens is 329 g/mol. The molecule has 0 spiro atoms. The molecule has 1 heterocycles. The van der Waals surface area contributed by atoms with Gasteiger partial charge in [-0.25, -0.2) is 14.2 Å². The van der Waals surface area contributed by atoms with E-state index < -0.39 is 0 Å². The first-order chi connectivity index (χ1) is 9.54. The van der Waals surface area contributed by atoms with Crippen molar-refractivity contribution in [1.29, 1.82) is 0 Å². The van der Waals surface area contributed by atoms with Crippen LogP contribution in [0.1, 0.15) is 17.2 Å². The Bertz CT molecular complexity index is 616. The lowest BCUT2D eigenvalue weighted by molar-refractivity contribution is 0.240. The van der Waals surface area contributed by atoms with Crippen LogP contribution in [0.15, 0.2) is 22.7 Å². The van der Waals surface area contributed by atoms with Crippen molar-refractivity contribution in [2.45, 2.75) is 20.0 Å². The molecule has 0 aliphatic carbocycles. The van der Waals surface area contributed by atoms with E-state index in [-0.39, 0.29) is 18.4 Å². The summed E-state index contributed by atoms with van der Waals surface area (Å²) in [7, 11) is 0. The van der Waals surface area contributed by atoms with Crippen LogP contribution in [0.5, 0.6) is 0 Å². The Morgan fingerprint density at radius 3 is 2.80 bits per heavy atom. The van der Waals surface area contributed by atoms with Crippen molar-refractivity contribution < 1.29 is 9.18 Å². The van der Waals surface area contributed by atoms with Gasteiger partial charge in [0.2, 0.25) is 0 Å². The standard InChI is InChI=1S/C12H13BrFN5O/c1-7-17-11(19-18-7)6-16-12(20)15-5-8-2-3-9(14)4-10(8)13/h2-4H,5-6H2,1H3,(H2,15,16,20)(H,17,18,19). The molecule has 0 radical (unpaired) electrons. The first-order valence-electron chi connectivity index (χ1n) is 5.88. The first-order valence-corrected chi connectivity index (χ1v) is 6.67. The van der Waals surface area contributed by atoms with Gasteiger partial charge in [0.05, 0.1) is 6.54 Å². The predicted molar refractivity (Wildman–Crippen MR) is 74.3 cm³/mol. The molecule has 20 heavy (non-hydrogen) atoms. The molecule has 106 valence electrons. The number of benzene rings is 1. The highest BCUT2D eigenvalue weighted by Crippen LogP contribution is 2.17. The van der Waals surface area contributed by atoms with Gasteiger partial charge in [-0.05, 0) is 24.6 Å². The molecule has 1 aromatic carbocycles. The minimum atomic E-state index is -0.344. The summed E-state index contributed by atoms with van der Waals surface area (Å²) in [6.07, 6.45) is 0. The zero-order valence-electron chi connectivity index (χ0n) is 10.7. The molecule has 2 amide bonds. The fourth-order valence-electron chi connectivity index (χ4n) is 1.53. The number of amides is 2. The molecule has 1 aromatic heterocycles.